The third kappa shape index (κ3) is 2.32. The number of aromatic nitrogens is 2. The Hall–Kier alpha value is -1.40. The molecular weight excluding hydrogens is 286 g/mol. The highest BCUT2D eigenvalue weighted by atomic mass is 79.9. The number of nitrogens with zero attached hydrogens (tertiary/aromatic N) is 2. The molecule has 0 radical (unpaired) electrons. The minimum absolute atomic E-state index is 0.181. The molecule has 1 aromatic heterocycles. The number of aryl methyl sites for hydroxylation is 1. The number of rotatable bonds is 3. The molecule has 5 nitrogen and oxygen atoms in total. The average molecular weight is 298 g/mol. The van der Waals surface area contributed by atoms with Crippen molar-refractivity contribution in [3.05, 3.63) is 28.1 Å². The van der Waals surface area contributed by atoms with Crippen LogP contribution in [0.5, 0.6) is 5.75 Å². The number of phenolic OH excluding ortho intramolecular Hbond substituents is 1. The SMILES string of the molecule is CCc1cc(Br)cc(-c2noc(CN)n2)c1O. The lowest BCUT2D eigenvalue weighted by atomic mass is 10.1. The Kier molecular flexibility index (Phi) is 3.44. The molecule has 1 aromatic carbocycles. The quantitative estimate of drug-likeness (QED) is 0.907. The van der Waals surface area contributed by atoms with Gasteiger partial charge in [-0.1, -0.05) is 28.0 Å². The Labute approximate surface area is 107 Å². The molecule has 0 atom stereocenters. The van der Waals surface area contributed by atoms with Gasteiger partial charge in [0.2, 0.25) is 11.7 Å². The van der Waals surface area contributed by atoms with Crippen molar-refractivity contribution in [3.63, 3.8) is 0 Å². The van der Waals surface area contributed by atoms with E-state index < -0.39 is 0 Å². The van der Waals surface area contributed by atoms with E-state index in [1.54, 1.807) is 6.07 Å². The van der Waals surface area contributed by atoms with Crippen LogP contribution in [0.3, 0.4) is 0 Å². The highest BCUT2D eigenvalue weighted by Crippen LogP contribution is 2.34. The summed E-state index contributed by atoms with van der Waals surface area (Å²) in [6.07, 6.45) is 0.722. The van der Waals surface area contributed by atoms with Gasteiger partial charge in [0.05, 0.1) is 12.1 Å². The average Bonchev–Trinajstić information content (AvgIpc) is 2.80. The van der Waals surface area contributed by atoms with E-state index in [1.165, 1.54) is 0 Å². The maximum Gasteiger partial charge on any atom is 0.240 e. The van der Waals surface area contributed by atoms with Crippen LogP contribution < -0.4 is 5.73 Å². The summed E-state index contributed by atoms with van der Waals surface area (Å²) in [4.78, 5) is 4.09. The van der Waals surface area contributed by atoms with Crippen molar-refractivity contribution in [2.45, 2.75) is 19.9 Å². The van der Waals surface area contributed by atoms with Gasteiger partial charge in [-0.05, 0) is 24.1 Å². The third-order valence-corrected chi connectivity index (χ3v) is 2.88. The van der Waals surface area contributed by atoms with Crippen molar-refractivity contribution in [3.8, 4) is 17.1 Å². The van der Waals surface area contributed by atoms with E-state index in [2.05, 4.69) is 26.1 Å². The van der Waals surface area contributed by atoms with Gasteiger partial charge in [0.1, 0.15) is 5.75 Å². The largest absolute Gasteiger partial charge is 0.507 e. The fourth-order valence-electron chi connectivity index (χ4n) is 1.54. The Bertz CT molecular complexity index is 540. The standard InChI is InChI=1S/C11H12BrN3O2/c1-2-6-3-7(12)4-8(10(6)16)11-14-9(5-13)17-15-11/h3-4,16H,2,5,13H2,1H3. The molecule has 0 spiro atoms. The number of hydrogen-bond acceptors (Lipinski definition) is 5. The van der Waals surface area contributed by atoms with Crippen LogP contribution in [0.2, 0.25) is 0 Å². The molecular formula is C11H12BrN3O2. The molecule has 2 rings (SSSR count). The molecule has 0 unspecified atom stereocenters. The van der Waals surface area contributed by atoms with Gasteiger partial charge in [0, 0.05) is 4.47 Å². The molecule has 0 aliphatic rings. The molecule has 0 saturated heterocycles. The third-order valence-electron chi connectivity index (χ3n) is 2.42. The predicted octanol–water partition coefficient (Wildman–Crippen LogP) is 2.23. The summed E-state index contributed by atoms with van der Waals surface area (Å²) in [6.45, 7) is 2.15. The highest BCUT2D eigenvalue weighted by Gasteiger charge is 2.15. The summed E-state index contributed by atoms with van der Waals surface area (Å²) in [5, 5.41) is 13.9. The zero-order valence-corrected chi connectivity index (χ0v) is 10.9. The second-order valence-electron chi connectivity index (χ2n) is 3.53. The predicted molar refractivity (Wildman–Crippen MR) is 66.4 cm³/mol. The van der Waals surface area contributed by atoms with Gasteiger partial charge >= 0.3 is 0 Å². The number of phenols is 1. The zero-order valence-electron chi connectivity index (χ0n) is 9.27. The van der Waals surface area contributed by atoms with Gasteiger partial charge < -0.3 is 15.4 Å². The van der Waals surface area contributed by atoms with E-state index in [9.17, 15) is 5.11 Å². The lowest BCUT2D eigenvalue weighted by molar-refractivity contribution is 0.380. The van der Waals surface area contributed by atoms with E-state index in [0.29, 0.717) is 17.3 Å². The first-order valence-electron chi connectivity index (χ1n) is 5.20. The number of hydrogen-bond donors (Lipinski definition) is 2. The number of halogens is 1. The molecule has 0 fully saturated rings. The van der Waals surface area contributed by atoms with Crippen LogP contribution in [0, 0.1) is 0 Å². The second kappa shape index (κ2) is 4.85. The van der Waals surface area contributed by atoms with Crippen LogP contribution in [0.15, 0.2) is 21.1 Å². The van der Waals surface area contributed by atoms with Crippen molar-refractivity contribution >= 4 is 15.9 Å². The molecule has 0 bridgehead atoms. The maximum atomic E-state index is 10.1. The van der Waals surface area contributed by atoms with E-state index in [1.807, 2.05) is 13.0 Å². The fraction of sp³-hybridized carbons (Fsp3) is 0.273. The molecule has 17 heavy (non-hydrogen) atoms. The lowest BCUT2D eigenvalue weighted by Crippen LogP contribution is -1.96. The van der Waals surface area contributed by atoms with Crippen LogP contribution >= 0.6 is 15.9 Å². The topological polar surface area (TPSA) is 85.2 Å². The van der Waals surface area contributed by atoms with Gasteiger partial charge in [-0.25, -0.2) is 0 Å². The van der Waals surface area contributed by atoms with Gasteiger partial charge in [-0.15, -0.1) is 0 Å². The van der Waals surface area contributed by atoms with Crippen molar-refractivity contribution < 1.29 is 9.63 Å². The summed E-state index contributed by atoms with van der Waals surface area (Å²) < 4.78 is 5.79. The Morgan fingerprint density at radius 1 is 1.47 bits per heavy atom. The molecule has 0 aliphatic heterocycles. The van der Waals surface area contributed by atoms with Crippen LogP contribution in [-0.4, -0.2) is 15.2 Å². The molecule has 0 aliphatic carbocycles. The van der Waals surface area contributed by atoms with E-state index in [0.717, 1.165) is 16.5 Å². The number of benzene rings is 1. The van der Waals surface area contributed by atoms with Gasteiger partial charge in [-0.3, -0.25) is 0 Å². The summed E-state index contributed by atoms with van der Waals surface area (Å²) >= 11 is 3.39. The minimum atomic E-state index is 0.181. The minimum Gasteiger partial charge on any atom is -0.507 e. The first-order valence-corrected chi connectivity index (χ1v) is 5.99. The maximum absolute atomic E-state index is 10.1. The summed E-state index contributed by atoms with van der Waals surface area (Å²) in [5.74, 6) is 0.872. The Morgan fingerprint density at radius 2 is 2.24 bits per heavy atom. The molecule has 1 heterocycles. The van der Waals surface area contributed by atoms with Crippen molar-refractivity contribution in [1.82, 2.24) is 10.1 Å². The highest BCUT2D eigenvalue weighted by molar-refractivity contribution is 9.10. The number of aromatic hydroxyl groups is 1. The lowest BCUT2D eigenvalue weighted by Gasteiger charge is -2.06. The van der Waals surface area contributed by atoms with E-state index in [4.69, 9.17) is 10.3 Å². The summed E-state index contributed by atoms with van der Waals surface area (Å²) in [5.41, 5.74) is 6.77. The number of nitrogens with two attached hydrogens (primary N) is 1. The first kappa shape index (κ1) is 12.1. The summed E-state index contributed by atoms with van der Waals surface area (Å²) in [6, 6.07) is 3.61. The van der Waals surface area contributed by atoms with Gasteiger partial charge in [0.15, 0.2) is 0 Å². The smallest absolute Gasteiger partial charge is 0.240 e. The van der Waals surface area contributed by atoms with Gasteiger partial charge in [0.25, 0.3) is 0 Å². The Morgan fingerprint density at radius 3 is 2.82 bits per heavy atom. The second-order valence-corrected chi connectivity index (χ2v) is 4.45. The van der Waals surface area contributed by atoms with Gasteiger partial charge in [-0.2, -0.15) is 4.98 Å². The Balaban J connectivity index is 2.54. The molecule has 2 aromatic rings. The fourth-order valence-corrected chi connectivity index (χ4v) is 2.05. The van der Waals surface area contributed by atoms with Crippen molar-refractivity contribution in [1.29, 1.82) is 0 Å². The van der Waals surface area contributed by atoms with Crippen LogP contribution in [0.4, 0.5) is 0 Å². The molecule has 0 amide bonds. The van der Waals surface area contributed by atoms with Crippen molar-refractivity contribution in [2.75, 3.05) is 0 Å². The van der Waals surface area contributed by atoms with E-state index >= 15 is 0 Å². The van der Waals surface area contributed by atoms with Crippen LogP contribution in [0.1, 0.15) is 18.4 Å². The normalized spacial score (nSPS) is 10.8. The monoisotopic (exact) mass is 297 g/mol. The van der Waals surface area contributed by atoms with Crippen molar-refractivity contribution in [2.24, 2.45) is 5.73 Å². The molecule has 0 saturated carbocycles. The summed E-state index contributed by atoms with van der Waals surface area (Å²) in [7, 11) is 0. The molecule has 90 valence electrons. The first-order chi connectivity index (χ1) is 8.15. The molecule has 3 N–H and O–H groups in total. The zero-order chi connectivity index (χ0) is 12.4. The van der Waals surface area contributed by atoms with Crippen LogP contribution in [0.25, 0.3) is 11.4 Å². The molecule has 6 heteroatoms. The van der Waals surface area contributed by atoms with E-state index in [-0.39, 0.29) is 12.3 Å². The van der Waals surface area contributed by atoms with Crippen LogP contribution in [-0.2, 0) is 13.0 Å².